The van der Waals surface area contributed by atoms with Crippen LogP contribution in [-0.2, 0) is 0 Å². The van der Waals surface area contributed by atoms with Crippen LogP contribution in [0, 0.1) is 5.41 Å². The molecule has 1 saturated carbocycles. The number of unbranched alkanes of at least 4 members (excludes halogenated alkanes) is 2. The predicted octanol–water partition coefficient (Wildman–Crippen LogP) is 3.01. The summed E-state index contributed by atoms with van der Waals surface area (Å²) in [7, 11) is 2.27. The lowest BCUT2D eigenvalue weighted by Crippen LogP contribution is -2.37. The van der Waals surface area contributed by atoms with Crippen LogP contribution in [0.1, 0.15) is 59.8 Å². The van der Waals surface area contributed by atoms with Gasteiger partial charge in [0.15, 0.2) is 0 Å². The molecule has 0 aromatic rings. The second-order valence-corrected chi connectivity index (χ2v) is 6.73. The van der Waals surface area contributed by atoms with E-state index in [2.05, 4.69) is 39.6 Å². The highest BCUT2D eigenvalue weighted by Crippen LogP contribution is 2.53. The van der Waals surface area contributed by atoms with Gasteiger partial charge < -0.3 is 10.6 Å². The third-order valence-corrected chi connectivity index (χ3v) is 3.81. The molecule has 0 bridgehead atoms. The van der Waals surface area contributed by atoms with Gasteiger partial charge in [0.1, 0.15) is 0 Å². The maximum absolute atomic E-state index is 6.13. The number of rotatable bonds is 7. The summed E-state index contributed by atoms with van der Waals surface area (Å²) in [6, 6.07) is 0.771. The third-order valence-electron chi connectivity index (χ3n) is 3.81. The number of hydrogen-bond acceptors (Lipinski definition) is 2. The SMILES string of the molecule is CCCCCN(C)C1CC1(C)CC(C)(C)N. The molecule has 0 aromatic heterocycles. The molecular weight excluding hydrogens is 196 g/mol. The van der Waals surface area contributed by atoms with Crippen molar-refractivity contribution in [2.24, 2.45) is 11.1 Å². The Balaban J connectivity index is 2.31. The largest absolute Gasteiger partial charge is 0.326 e. The molecule has 0 amide bonds. The van der Waals surface area contributed by atoms with Gasteiger partial charge in [0.05, 0.1) is 0 Å². The minimum atomic E-state index is -0.0201. The zero-order chi connectivity index (χ0) is 12.4. The Morgan fingerprint density at radius 1 is 1.38 bits per heavy atom. The molecule has 1 rings (SSSR count). The van der Waals surface area contributed by atoms with E-state index in [1.165, 1.54) is 32.2 Å². The van der Waals surface area contributed by atoms with Crippen molar-refractivity contribution in [2.75, 3.05) is 13.6 Å². The van der Waals surface area contributed by atoms with Crippen molar-refractivity contribution in [3.05, 3.63) is 0 Å². The van der Waals surface area contributed by atoms with Gasteiger partial charge in [-0.2, -0.15) is 0 Å². The molecule has 2 N–H and O–H groups in total. The Bertz CT molecular complexity index is 219. The summed E-state index contributed by atoms with van der Waals surface area (Å²) in [5.41, 5.74) is 6.58. The number of nitrogens with zero attached hydrogens (tertiary/aromatic N) is 1. The predicted molar refractivity (Wildman–Crippen MR) is 71.6 cm³/mol. The van der Waals surface area contributed by atoms with Gasteiger partial charge in [0.25, 0.3) is 0 Å². The second kappa shape index (κ2) is 5.05. The maximum Gasteiger partial charge on any atom is 0.0153 e. The lowest BCUT2D eigenvalue weighted by molar-refractivity contribution is 0.247. The quantitative estimate of drug-likeness (QED) is 0.676. The summed E-state index contributed by atoms with van der Waals surface area (Å²) in [5, 5.41) is 0. The van der Waals surface area contributed by atoms with E-state index < -0.39 is 0 Å². The van der Waals surface area contributed by atoms with E-state index in [1.807, 2.05) is 0 Å². The summed E-state index contributed by atoms with van der Waals surface area (Å²) >= 11 is 0. The van der Waals surface area contributed by atoms with Crippen molar-refractivity contribution >= 4 is 0 Å². The lowest BCUT2D eigenvalue weighted by atomic mass is 9.90. The van der Waals surface area contributed by atoms with Gasteiger partial charge in [-0.05, 0) is 52.1 Å². The topological polar surface area (TPSA) is 29.3 Å². The molecule has 0 aromatic carbocycles. The fraction of sp³-hybridized carbons (Fsp3) is 1.00. The van der Waals surface area contributed by atoms with Gasteiger partial charge >= 0.3 is 0 Å². The smallest absolute Gasteiger partial charge is 0.0153 e. The van der Waals surface area contributed by atoms with E-state index in [9.17, 15) is 0 Å². The summed E-state index contributed by atoms with van der Waals surface area (Å²) in [5.74, 6) is 0. The molecular formula is C14H30N2. The first-order valence-electron chi connectivity index (χ1n) is 6.78. The van der Waals surface area contributed by atoms with Crippen molar-refractivity contribution in [3.63, 3.8) is 0 Å². The standard InChI is InChI=1S/C14H30N2/c1-6-7-8-9-16(5)12-10-14(12,4)11-13(2,3)15/h12H,6-11,15H2,1-5H3. The van der Waals surface area contributed by atoms with Crippen molar-refractivity contribution in [3.8, 4) is 0 Å². The highest BCUT2D eigenvalue weighted by atomic mass is 15.2. The summed E-state index contributed by atoms with van der Waals surface area (Å²) < 4.78 is 0. The van der Waals surface area contributed by atoms with Crippen molar-refractivity contribution < 1.29 is 0 Å². The van der Waals surface area contributed by atoms with Crippen LogP contribution in [-0.4, -0.2) is 30.1 Å². The van der Waals surface area contributed by atoms with E-state index in [0.717, 1.165) is 12.5 Å². The van der Waals surface area contributed by atoms with E-state index in [4.69, 9.17) is 5.73 Å². The van der Waals surface area contributed by atoms with Crippen LogP contribution >= 0.6 is 0 Å². The fourth-order valence-electron chi connectivity index (χ4n) is 3.07. The minimum absolute atomic E-state index is 0.0201. The highest BCUT2D eigenvalue weighted by molar-refractivity contribution is 5.08. The number of hydrogen-bond donors (Lipinski definition) is 1. The molecule has 1 fully saturated rings. The molecule has 1 aliphatic carbocycles. The third kappa shape index (κ3) is 4.06. The monoisotopic (exact) mass is 226 g/mol. The zero-order valence-electron chi connectivity index (χ0n) is 11.8. The normalized spacial score (nSPS) is 29.8. The van der Waals surface area contributed by atoms with Crippen LogP contribution in [0.15, 0.2) is 0 Å². The molecule has 2 unspecified atom stereocenters. The fourth-order valence-corrected chi connectivity index (χ4v) is 3.07. The highest BCUT2D eigenvalue weighted by Gasteiger charge is 2.53. The second-order valence-electron chi connectivity index (χ2n) is 6.73. The summed E-state index contributed by atoms with van der Waals surface area (Å²) in [6.07, 6.45) is 6.48. The Morgan fingerprint density at radius 2 is 2.00 bits per heavy atom. The van der Waals surface area contributed by atoms with Crippen molar-refractivity contribution in [2.45, 2.75) is 71.4 Å². The Hall–Kier alpha value is -0.0800. The molecule has 0 saturated heterocycles. The van der Waals surface area contributed by atoms with Gasteiger partial charge in [-0.1, -0.05) is 26.7 Å². The molecule has 2 atom stereocenters. The van der Waals surface area contributed by atoms with Gasteiger partial charge in [-0.3, -0.25) is 0 Å². The first-order chi connectivity index (χ1) is 7.28. The average molecular weight is 226 g/mol. The molecule has 2 nitrogen and oxygen atoms in total. The molecule has 96 valence electrons. The molecule has 0 aliphatic heterocycles. The van der Waals surface area contributed by atoms with Gasteiger partial charge in [-0.25, -0.2) is 0 Å². The molecule has 1 aliphatic rings. The summed E-state index contributed by atoms with van der Waals surface area (Å²) in [6.45, 7) is 10.2. The molecule has 16 heavy (non-hydrogen) atoms. The Kier molecular flexibility index (Phi) is 4.42. The van der Waals surface area contributed by atoms with Crippen molar-refractivity contribution in [1.82, 2.24) is 4.90 Å². The summed E-state index contributed by atoms with van der Waals surface area (Å²) in [4.78, 5) is 2.54. The van der Waals surface area contributed by atoms with Crippen LogP contribution in [0.3, 0.4) is 0 Å². The van der Waals surface area contributed by atoms with Crippen molar-refractivity contribution in [1.29, 1.82) is 0 Å². The minimum Gasteiger partial charge on any atom is -0.326 e. The number of nitrogens with two attached hydrogens (primary N) is 1. The molecule has 0 spiro atoms. The van der Waals surface area contributed by atoms with E-state index >= 15 is 0 Å². The van der Waals surface area contributed by atoms with Crippen LogP contribution in [0.4, 0.5) is 0 Å². The Labute approximate surface area is 102 Å². The van der Waals surface area contributed by atoms with E-state index in [0.29, 0.717) is 5.41 Å². The Morgan fingerprint density at radius 3 is 2.50 bits per heavy atom. The van der Waals surface area contributed by atoms with Crippen LogP contribution in [0.25, 0.3) is 0 Å². The lowest BCUT2D eigenvalue weighted by Gasteiger charge is -2.26. The van der Waals surface area contributed by atoms with E-state index in [1.54, 1.807) is 0 Å². The average Bonchev–Trinajstić information content (AvgIpc) is 2.74. The molecule has 0 radical (unpaired) electrons. The van der Waals surface area contributed by atoms with Gasteiger partial charge in [0.2, 0.25) is 0 Å². The van der Waals surface area contributed by atoms with Crippen LogP contribution < -0.4 is 5.73 Å². The maximum atomic E-state index is 6.13. The van der Waals surface area contributed by atoms with Gasteiger partial charge in [0, 0.05) is 11.6 Å². The van der Waals surface area contributed by atoms with Crippen LogP contribution in [0.2, 0.25) is 0 Å². The van der Waals surface area contributed by atoms with E-state index in [-0.39, 0.29) is 5.54 Å². The zero-order valence-corrected chi connectivity index (χ0v) is 11.8. The first-order valence-corrected chi connectivity index (χ1v) is 6.78. The molecule has 0 heterocycles. The van der Waals surface area contributed by atoms with Gasteiger partial charge in [-0.15, -0.1) is 0 Å². The first kappa shape index (κ1) is 14.0. The molecule has 2 heteroatoms. The van der Waals surface area contributed by atoms with Crippen LogP contribution in [0.5, 0.6) is 0 Å².